The van der Waals surface area contributed by atoms with Gasteiger partial charge in [0.25, 0.3) is 0 Å². The number of carboxylic acids is 1. The molecule has 1 aromatic rings. The van der Waals surface area contributed by atoms with Crippen LogP contribution in [0.5, 0.6) is 0 Å². The molecule has 20 heavy (non-hydrogen) atoms. The Morgan fingerprint density at radius 2 is 1.90 bits per heavy atom. The van der Waals surface area contributed by atoms with Crippen LogP contribution in [0.1, 0.15) is 32.3 Å². The fraction of sp³-hybridized carbons (Fsp3) is 0.467. The summed E-state index contributed by atoms with van der Waals surface area (Å²) in [4.78, 5) is 22.4. The molecule has 0 bridgehead atoms. The third-order valence-corrected chi connectivity index (χ3v) is 2.71. The maximum atomic E-state index is 11.7. The Labute approximate surface area is 118 Å². The van der Waals surface area contributed by atoms with Gasteiger partial charge in [0.05, 0.1) is 6.42 Å². The number of hydrogen-bond donors (Lipinski definition) is 2. The Hall–Kier alpha value is -2.04. The van der Waals surface area contributed by atoms with E-state index in [2.05, 4.69) is 5.32 Å². The Morgan fingerprint density at radius 3 is 2.45 bits per heavy atom. The molecule has 0 aliphatic heterocycles. The SMILES string of the molecule is CC(C)C[C@H](CC(=O)O)NC(=O)OCc1ccccc1. The van der Waals surface area contributed by atoms with Crippen molar-refractivity contribution < 1.29 is 19.4 Å². The Bertz CT molecular complexity index is 431. The Kier molecular flexibility index (Phi) is 6.56. The van der Waals surface area contributed by atoms with Gasteiger partial charge in [-0.1, -0.05) is 44.2 Å². The number of carboxylic acid groups (broad SMARTS) is 1. The molecule has 1 atom stereocenters. The lowest BCUT2D eigenvalue weighted by Crippen LogP contribution is -2.37. The number of benzene rings is 1. The van der Waals surface area contributed by atoms with Gasteiger partial charge < -0.3 is 15.2 Å². The molecule has 0 radical (unpaired) electrons. The second kappa shape index (κ2) is 8.19. The van der Waals surface area contributed by atoms with Crippen LogP contribution >= 0.6 is 0 Å². The van der Waals surface area contributed by atoms with Gasteiger partial charge in [-0.2, -0.15) is 0 Å². The first-order valence-electron chi connectivity index (χ1n) is 6.66. The van der Waals surface area contributed by atoms with Gasteiger partial charge in [0.15, 0.2) is 0 Å². The molecule has 1 amide bonds. The minimum Gasteiger partial charge on any atom is -0.481 e. The zero-order valence-corrected chi connectivity index (χ0v) is 11.8. The maximum Gasteiger partial charge on any atom is 0.407 e. The minimum absolute atomic E-state index is 0.0986. The van der Waals surface area contributed by atoms with Crippen molar-refractivity contribution >= 4 is 12.1 Å². The van der Waals surface area contributed by atoms with E-state index >= 15 is 0 Å². The fourth-order valence-corrected chi connectivity index (χ4v) is 1.90. The number of ether oxygens (including phenoxy) is 1. The summed E-state index contributed by atoms with van der Waals surface area (Å²) in [6.45, 7) is 4.13. The van der Waals surface area contributed by atoms with Crippen LogP contribution in [-0.2, 0) is 16.1 Å². The second-order valence-electron chi connectivity index (χ2n) is 5.13. The monoisotopic (exact) mass is 279 g/mol. The molecular formula is C15H21NO4. The van der Waals surface area contributed by atoms with Crippen molar-refractivity contribution in [2.45, 2.75) is 39.3 Å². The number of rotatable bonds is 7. The highest BCUT2D eigenvalue weighted by Gasteiger charge is 2.18. The lowest BCUT2D eigenvalue weighted by atomic mass is 10.0. The smallest absolute Gasteiger partial charge is 0.407 e. The van der Waals surface area contributed by atoms with E-state index in [1.165, 1.54) is 0 Å². The number of nitrogens with one attached hydrogen (secondary N) is 1. The molecule has 0 heterocycles. The summed E-state index contributed by atoms with van der Waals surface area (Å²) in [7, 11) is 0. The summed E-state index contributed by atoms with van der Waals surface area (Å²) in [5.41, 5.74) is 0.890. The first kappa shape index (κ1) is 16.0. The van der Waals surface area contributed by atoms with Crippen molar-refractivity contribution in [1.82, 2.24) is 5.32 Å². The maximum absolute atomic E-state index is 11.7. The summed E-state index contributed by atoms with van der Waals surface area (Å²) in [5, 5.41) is 11.4. The highest BCUT2D eigenvalue weighted by Crippen LogP contribution is 2.09. The first-order chi connectivity index (χ1) is 9.47. The molecule has 0 fully saturated rings. The van der Waals surface area contributed by atoms with E-state index in [0.29, 0.717) is 12.3 Å². The quantitative estimate of drug-likeness (QED) is 0.804. The van der Waals surface area contributed by atoms with Gasteiger partial charge in [0.1, 0.15) is 6.61 Å². The minimum atomic E-state index is -0.931. The van der Waals surface area contributed by atoms with Gasteiger partial charge in [0, 0.05) is 6.04 Å². The zero-order chi connectivity index (χ0) is 15.0. The number of alkyl carbamates (subject to hydrolysis) is 1. The molecule has 1 rings (SSSR count). The van der Waals surface area contributed by atoms with Gasteiger partial charge in [-0.3, -0.25) is 4.79 Å². The van der Waals surface area contributed by atoms with Crippen molar-refractivity contribution in [3.63, 3.8) is 0 Å². The van der Waals surface area contributed by atoms with Crippen LogP contribution in [0.3, 0.4) is 0 Å². The number of hydrogen-bond acceptors (Lipinski definition) is 3. The Morgan fingerprint density at radius 1 is 1.25 bits per heavy atom. The standard InChI is InChI=1S/C15H21NO4/c1-11(2)8-13(9-14(17)18)16-15(19)20-10-12-6-4-3-5-7-12/h3-7,11,13H,8-10H2,1-2H3,(H,16,19)(H,17,18)/t13-/m1/s1. The number of carbonyl (C=O) groups excluding carboxylic acids is 1. The molecule has 0 spiro atoms. The first-order valence-corrected chi connectivity index (χ1v) is 6.66. The summed E-state index contributed by atoms with van der Waals surface area (Å²) < 4.78 is 5.08. The third kappa shape index (κ3) is 6.78. The van der Waals surface area contributed by atoms with Gasteiger partial charge in [-0.15, -0.1) is 0 Å². The predicted molar refractivity (Wildman–Crippen MR) is 75.3 cm³/mol. The van der Waals surface area contributed by atoms with Crippen LogP contribution in [0.25, 0.3) is 0 Å². The molecule has 1 aromatic carbocycles. The molecule has 5 nitrogen and oxygen atoms in total. The molecule has 0 unspecified atom stereocenters. The summed E-state index contributed by atoms with van der Waals surface area (Å²) in [6, 6.07) is 8.92. The van der Waals surface area contributed by atoms with Crippen molar-refractivity contribution in [1.29, 1.82) is 0 Å². The molecule has 0 aliphatic rings. The molecular weight excluding hydrogens is 258 g/mol. The van der Waals surface area contributed by atoms with E-state index < -0.39 is 18.1 Å². The number of amides is 1. The van der Waals surface area contributed by atoms with Gasteiger partial charge in [0.2, 0.25) is 0 Å². The topological polar surface area (TPSA) is 75.6 Å². The largest absolute Gasteiger partial charge is 0.481 e. The van der Waals surface area contributed by atoms with Crippen LogP contribution in [0, 0.1) is 5.92 Å². The summed E-state index contributed by atoms with van der Waals surface area (Å²) >= 11 is 0. The highest BCUT2D eigenvalue weighted by atomic mass is 16.5. The van der Waals surface area contributed by atoms with Crippen LogP contribution in [0.15, 0.2) is 30.3 Å². The molecule has 110 valence electrons. The number of aliphatic carboxylic acids is 1. The summed E-state index contributed by atoms with van der Waals surface area (Å²) in [6.07, 6.45) is -0.0773. The van der Waals surface area contributed by atoms with Crippen molar-refractivity contribution in [2.75, 3.05) is 0 Å². The molecule has 0 aromatic heterocycles. The van der Waals surface area contributed by atoms with Crippen molar-refractivity contribution in [3.8, 4) is 0 Å². The zero-order valence-electron chi connectivity index (χ0n) is 11.8. The molecule has 5 heteroatoms. The fourth-order valence-electron chi connectivity index (χ4n) is 1.90. The van der Waals surface area contributed by atoms with Crippen LogP contribution in [0.4, 0.5) is 4.79 Å². The Balaban J connectivity index is 2.42. The predicted octanol–water partition coefficient (Wildman–Crippen LogP) is 2.80. The average Bonchev–Trinajstić information content (AvgIpc) is 2.36. The summed E-state index contributed by atoms with van der Waals surface area (Å²) in [5.74, 6) is -0.632. The molecule has 0 saturated heterocycles. The number of carbonyl (C=O) groups is 2. The molecule has 2 N–H and O–H groups in total. The van der Waals surface area contributed by atoms with Crippen LogP contribution in [-0.4, -0.2) is 23.2 Å². The van der Waals surface area contributed by atoms with Gasteiger partial charge in [-0.25, -0.2) is 4.79 Å². The van der Waals surface area contributed by atoms with E-state index in [0.717, 1.165) is 5.56 Å². The van der Waals surface area contributed by atoms with Crippen LogP contribution in [0.2, 0.25) is 0 Å². The molecule has 0 aliphatic carbocycles. The van der Waals surface area contributed by atoms with Gasteiger partial charge >= 0.3 is 12.1 Å². The third-order valence-electron chi connectivity index (χ3n) is 2.71. The lowest BCUT2D eigenvalue weighted by Gasteiger charge is -2.18. The highest BCUT2D eigenvalue weighted by molar-refractivity contribution is 5.71. The average molecular weight is 279 g/mol. The van der Waals surface area contributed by atoms with E-state index in [-0.39, 0.29) is 13.0 Å². The van der Waals surface area contributed by atoms with E-state index in [1.54, 1.807) is 0 Å². The van der Waals surface area contributed by atoms with E-state index in [1.807, 2.05) is 44.2 Å². The van der Waals surface area contributed by atoms with Crippen molar-refractivity contribution in [2.24, 2.45) is 5.92 Å². The molecule has 0 saturated carbocycles. The van der Waals surface area contributed by atoms with Crippen molar-refractivity contribution in [3.05, 3.63) is 35.9 Å². The normalized spacial score (nSPS) is 11.9. The van der Waals surface area contributed by atoms with Gasteiger partial charge in [-0.05, 0) is 17.9 Å². The van der Waals surface area contributed by atoms with E-state index in [9.17, 15) is 9.59 Å². The lowest BCUT2D eigenvalue weighted by molar-refractivity contribution is -0.137. The van der Waals surface area contributed by atoms with E-state index in [4.69, 9.17) is 9.84 Å². The second-order valence-corrected chi connectivity index (χ2v) is 5.13. The van der Waals surface area contributed by atoms with Crippen LogP contribution < -0.4 is 5.32 Å².